The Morgan fingerprint density at radius 3 is 2.39 bits per heavy atom. The zero-order chi connectivity index (χ0) is 16.7. The second-order valence-corrected chi connectivity index (χ2v) is 6.57. The van der Waals surface area contributed by atoms with Crippen LogP contribution in [-0.2, 0) is 11.3 Å². The number of nitrogens with one attached hydrogen (secondary N) is 1. The SMILES string of the molecule is CC(C)C[C@@H](C=O)NC(=O)N1CCN(Cc2ccccc2)CC1. The van der Waals surface area contributed by atoms with Gasteiger partial charge in [0.25, 0.3) is 0 Å². The molecule has 0 bridgehead atoms. The van der Waals surface area contributed by atoms with Crippen molar-refractivity contribution < 1.29 is 9.59 Å². The second-order valence-electron chi connectivity index (χ2n) is 6.57. The van der Waals surface area contributed by atoms with Crippen LogP contribution in [0.1, 0.15) is 25.8 Å². The van der Waals surface area contributed by atoms with E-state index in [-0.39, 0.29) is 12.1 Å². The highest BCUT2D eigenvalue weighted by Gasteiger charge is 2.23. The number of rotatable bonds is 6. The molecule has 1 atom stereocenters. The van der Waals surface area contributed by atoms with E-state index in [1.54, 1.807) is 4.90 Å². The number of piperazine rings is 1. The van der Waals surface area contributed by atoms with Crippen LogP contribution in [0.3, 0.4) is 0 Å². The van der Waals surface area contributed by atoms with E-state index in [0.29, 0.717) is 25.4 Å². The Labute approximate surface area is 138 Å². The number of hydrogen-bond donors (Lipinski definition) is 1. The van der Waals surface area contributed by atoms with E-state index in [1.807, 2.05) is 32.0 Å². The summed E-state index contributed by atoms with van der Waals surface area (Å²) < 4.78 is 0. The van der Waals surface area contributed by atoms with Crippen molar-refractivity contribution in [1.29, 1.82) is 0 Å². The number of carbonyl (C=O) groups excluding carboxylic acids is 2. The van der Waals surface area contributed by atoms with E-state index in [4.69, 9.17) is 0 Å². The molecule has 1 aromatic rings. The van der Waals surface area contributed by atoms with E-state index in [2.05, 4.69) is 22.3 Å². The van der Waals surface area contributed by atoms with Crippen molar-refractivity contribution in [3.8, 4) is 0 Å². The van der Waals surface area contributed by atoms with Crippen LogP contribution < -0.4 is 5.32 Å². The zero-order valence-corrected chi connectivity index (χ0v) is 14.1. The van der Waals surface area contributed by atoms with Gasteiger partial charge < -0.3 is 15.0 Å². The summed E-state index contributed by atoms with van der Waals surface area (Å²) >= 11 is 0. The molecule has 1 aliphatic heterocycles. The van der Waals surface area contributed by atoms with Crippen LogP contribution in [0.2, 0.25) is 0 Å². The van der Waals surface area contributed by atoms with Gasteiger partial charge in [0.2, 0.25) is 0 Å². The average Bonchev–Trinajstić information content (AvgIpc) is 2.55. The van der Waals surface area contributed by atoms with Crippen LogP contribution in [0.4, 0.5) is 4.79 Å². The summed E-state index contributed by atoms with van der Waals surface area (Å²) in [6.45, 7) is 8.13. The number of benzene rings is 1. The lowest BCUT2D eigenvalue weighted by atomic mass is 10.1. The first-order valence-electron chi connectivity index (χ1n) is 8.35. The van der Waals surface area contributed by atoms with Crippen LogP contribution >= 0.6 is 0 Å². The number of carbonyl (C=O) groups is 2. The van der Waals surface area contributed by atoms with Gasteiger partial charge in [0.1, 0.15) is 6.29 Å². The van der Waals surface area contributed by atoms with Gasteiger partial charge in [-0.05, 0) is 17.9 Å². The van der Waals surface area contributed by atoms with Gasteiger partial charge >= 0.3 is 6.03 Å². The molecule has 5 heteroatoms. The highest BCUT2D eigenvalue weighted by atomic mass is 16.2. The van der Waals surface area contributed by atoms with Crippen molar-refractivity contribution >= 4 is 12.3 Å². The van der Waals surface area contributed by atoms with Crippen LogP contribution in [0.25, 0.3) is 0 Å². The predicted molar refractivity (Wildman–Crippen MR) is 91.1 cm³/mol. The lowest BCUT2D eigenvalue weighted by molar-refractivity contribution is -0.109. The Morgan fingerprint density at radius 2 is 1.83 bits per heavy atom. The summed E-state index contributed by atoms with van der Waals surface area (Å²) in [4.78, 5) is 27.5. The van der Waals surface area contributed by atoms with Crippen molar-refractivity contribution in [1.82, 2.24) is 15.1 Å². The number of aldehydes is 1. The van der Waals surface area contributed by atoms with Crippen molar-refractivity contribution in [3.63, 3.8) is 0 Å². The molecule has 1 heterocycles. The van der Waals surface area contributed by atoms with Crippen LogP contribution in [-0.4, -0.2) is 54.3 Å². The molecule has 1 aromatic carbocycles. The van der Waals surface area contributed by atoms with E-state index in [9.17, 15) is 9.59 Å². The van der Waals surface area contributed by atoms with Gasteiger partial charge in [-0.2, -0.15) is 0 Å². The molecule has 2 amide bonds. The van der Waals surface area contributed by atoms with Gasteiger partial charge in [-0.25, -0.2) is 4.79 Å². The van der Waals surface area contributed by atoms with Crippen LogP contribution in [0.5, 0.6) is 0 Å². The Morgan fingerprint density at radius 1 is 1.17 bits per heavy atom. The summed E-state index contributed by atoms with van der Waals surface area (Å²) in [5, 5.41) is 2.83. The molecule has 23 heavy (non-hydrogen) atoms. The summed E-state index contributed by atoms with van der Waals surface area (Å²) in [6, 6.07) is 9.86. The fraction of sp³-hybridized carbons (Fsp3) is 0.556. The largest absolute Gasteiger partial charge is 0.328 e. The van der Waals surface area contributed by atoms with Gasteiger partial charge in [-0.1, -0.05) is 44.2 Å². The first kappa shape index (κ1) is 17.5. The number of nitrogens with zero attached hydrogens (tertiary/aromatic N) is 2. The molecule has 126 valence electrons. The van der Waals surface area contributed by atoms with Gasteiger partial charge in [0, 0.05) is 32.7 Å². The Bertz CT molecular complexity index is 496. The Hall–Kier alpha value is -1.88. The number of hydrogen-bond acceptors (Lipinski definition) is 3. The van der Waals surface area contributed by atoms with E-state index in [0.717, 1.165) is 25.9 Å². The highest BCUT2D eigenvalue weighted by Crippen LogP contribution is 2.09. The number of urea groups is 1. The lowest BCUT2D eigenvalue weighted by Crippen LogP contribution is -2.53. The molecular weight excluding hydrogens is 290 g/mol. The summed E-state index contributed by atoms with van der Waals surface area (Å²) in [7, 11) is 0. The Balaban J connectivity index is 1.77. The minimum atomic E-state index is -0.384. The normalized spacial score (nSPS) is 17.1. The maximum absolute atomic E-state index is 12.3. The molecular formula is C18H27N3O2. The number of amides is 2. The third-order valence-electron chi connectivity index (χ3n) is 4.11. The molecule has 0 radical (unpaired) electrons. The fourth-order valence-electron chi connectivity index (χ4n) is 2.86. The molecule has 1 N–H and O–H groups in total. The zero-order valence-electron chi connectivity index (χ0n) is 14.1. The summed E-state index contributed by atoms with van der Waals surface area (Å²) in [5.74, 6) is 0.383. The molecule has 0 saturated carbocycles. The molecule has 0 aromatic heterocycles. The minimum Gasteiger partial charge on any atom is -0.328 e. The first-order valence-corrected chi connectivity index (χ1v) is 8.35. The third-order valence-corrected chi connectivity index (χ3v) is 4.11. The monoisotopic (exact) mass is 317 g/mol. The van der Waals surface area contributed by atoms with Crippen LogP contribution in [0.15, 0.2) is 30.3 Å². The summed E-state index contributed by atoms with van der Waals surface area (Å²) in [6.07, 6.45) is 1.52. The molecule has 0 unspecified atom stereocenters. The van der Waals surface area contributed by atoms with Gasteiger partial charge in [-0.3, -0.25) is 4.90 Å². The standard InChI is InChI=1S/C18H27N3O2/c1-15(2)12-17(14-22)19-18(23)21-10-8-20(9-11-21)13-16-6-4-3-5-7-16/h3-7,14-15,17H,8-13H2,1-2H3,(H,19,23)/t17-/m0/s1. The molecule has 1 fully saturated rings. The van der Waals surface area contributed by atoms with Gasteiger partial charge in [-0.15, -0.1) is 0 Å². The molecule has 0 aliphatic carbocycles. The van der Waals surface area contributed by atoms with Crippen molar-refractivity contribution in [2.24, 2.45) is 5.92 Å². The maximum Gasteiger partial charge on any atom is 0.318 e. The van der Waals surface area contributed by atoms with Crippen molar-refractivity contribution in [2.45, 2.75) is 32.9 Å². The predicted octanol–water partition coefficient (Wildman–Crippen LogP) is 2.13. The smallest absolute Gasteiger partial charge is 0.318 e. The lowest BCUT2D eigenvalue weighted by Gasteiger charge is -2.35. The topological polar surface area (TPSA) is 52.7 Å². The molecule has 1 saturated heterocycles. The average molecular weight is 317 g/mol. The van der Waals surface area contributed by atoms with Crippen molar-refractivity contribution in [2.75, 3.05) is 26.2 Å². The van der Waals surface area contributed by atoms with E-state index >= 15 is 0 Å². The molecule has 1 aliphatic rings. The second kappa shape index (κ2) is 8.67. The highest BCUT2D eigenvalue weighted by molar-refractivity contribution is 5.78. The minimum absolute atomic E-state index is 0.123. The fourth-order valence-corrected chi connectivity index (χ4v) is 2.86. The molecule has 0 spiro atoms. The molecule has 2 rings (SSSR count). The maximum atomic E-state index is 12.3. The van der Waals surface area contributed by atoms with E-state index < -0.39 is 0 Å². The first-order chi connectivity index (χ1) is 11.1. The van der Waals surface area contributed by atoms with Crippen molar-refractivity contribution in [3.05, 3.63) is 35.9 Å². The third kappa shape index (κ3) is 5.67. The quantitative estimate of drug-likeness (QED) is 0.818. The van der Waals surface area contributed by atoms with Gasteiger partial charge in [0.05, 0.1) is 6.04 Å². The van der Waals surface area contributed by atoms with Crippen LogP contribution in [0, 0.1) is 5.92 Å². The Kier molecular flexibility index (Phi) is 6.59. The van der Waals surface area contributed by atoms with Gasteiger partial charge in [0.15, 0.2) is 0 Å². The van der Waals surface area contributed by atoms with E-state index in [1.165, 1.54) is 5.56 Å². The summed E-state index contributed by atoms with van der Waals surface area (Å²) in [5.41, 5.74) is 1.29. The molecule has 5 nitrogen and oxygen atoms in total.